The van der Waals surface area contributed by atoms with Crippen molar-refractivity contribution in [3.8, 4) is 0 Å². The average Bonchev–Trinajstić information content (AvgIpc) is 3.11. The molecule has 7 nitrogen and oxygen atoms in total. The van der Waals surface area contributed by atoms with E-state index < -0.39 is 23.7 Å². The normalized spacial score (nSPS) is 15.2. The number of morpholine rings is 1. The van der Waals surface area contributed by atoms with Crippen LogP contribution < -0.4 is 15.5 Å². The summed E-state index contributed by atoms with van der Waals surface area (Å²) < 4.78 is 20.1. The first-order valence-electron chi connectivity index (χ1n) is 8.81. The number of carbonyl (C=O) groups is 3. The molecule has 1 aliphatic heterocycles. The minimum absolute atomic E-state index is 0.0303. The quantitative estimate of drug-likeness (QED) is 0.749. The van der Waals surface area contributed by atoms with E-state index in [9.17, 15) is 18.8 Å². The van der Waals surface area contributed by atoms with Crippen LogP contribution in [0.2, 0.25) is 4.34 Å². The zero-order valence-electron chi connectivity index (χ0n) is 15.8. The summed E-state index contributed by atoms with van der Waals surface area (Å²) in [5, 5.41) is 5.02. The zero-order valence-corrected chi connectivity index (χ0v) is 17.3. The Kier molecular flexibility index (Phi) is 6.51. The smallest absolute Gasteiger partial charge is 0.262 e. The van der Waals surface area contributed by atoms with Crippen LogP contribution in [0.15, 0.2) is 24.3 Å². The van der Waals surface area contributed by atoms with Gasteiger partial charge in [-0.25, -0.2) is 4.39 Å². The number of hydrogen-bond acceptors (Lipinski definition) is 5. The average molecular weight is 440 g/mol. The number of benzene rings is 1. The zero-order chi connectivity index (χ0) is 21.1. The highest BCUT2D eigenvalue weighted by Crippen LogP contribution is 2.28. The van der Waals surface area contributed by atoms with Crippen molar-refractivity contribution in [2.75, 3.05) is 30.0 Å². The molecule has 1 fully saturated rings. The third kappa shape index (κ3) is 4.92. The maximum Gasteiger partial charge on any atom is 0.262 e. The molecular formula is C19H19ClFN3O4S. The van der Waals surface area contributed by atoms with Crippen LogP contribution in [0.1, 0.15) is 22.2 Å². The van der Waals surface area contributed by atoms with E-state index in [0.29, 0.717) is 33.6 Å². The summed E-state index contributed by atoms with van der Waals surface area (Å²) in [5.41, 5.74) is 1.03. The second kappa shape index (κ2) is 8.89. The Bertz CT molecular complexity index is 965. The maximum atomic E-state index is 14.6. The van der Waals surface area contributed by atoms with E-state index in [2.05, 4.69) is 10.6 Å². The Morgan fingerprint density at radius 2 is 2.10 bits per heavy atom. The molecule has 2 N–H and O–H groups in total. The molecule has 10 heteroatoms. The van der Waals surface area contributed by atoms with Crippen LogP contribution in [0.25, 0.3) is 0 Å². The molecule has 1 aromatic heterocycles. The van der Waals surface area contributed by atoms with E-state index in [1.54, 1.807) is 19.1 Å². The number of halogens is 2. The van der Waals surface area contributed by atoms with Gasteiger partial charge in [-0.2, -0.15) is 0 Å². The number of carbonyl (C=O) groups excluding carboxylic acids is 3. The molecule has 0 radical (unpaired) electrons. The van der Waals surface area contributed by atoms with E-state index >= 15 is 0 Å². The molecule has 0 bridgehead atoms. The van der Waals surface area contributed by atoms with Gasteiger partial charge in [0.05, 0.1) is 21.5 Å². The van der Waals surface area contributed by atoms with Crippen LogP contribution in [-0.4, -0.2) is 43.5 Å². The molecule has 154 valence electrons. The molecule has 0 spiro atoms. The largest absolute Gasteiger partial charge is 0.370 e. The molecule has 0 aliphatic carbocycles. The number of nitrogens with one attached hydrogen (secondary N) is 2. The van der Waals surface area contributed by atoms with Gasteiger partial charge < -0.3 is 20.3 Å². The molecule has 1 unspecified atom stereocenters. The van der Waals surface area contributed by atoms with Crippen LogP contribution >= 0.6 is 22.9 Å². The summed E-state index contributed by atoms with van der Waals surface area (Å²) in [6.07, 6.45) is 0. The second-order valence-electron chi connectivity index (χ2n) is 6.50. The lowest BCUT2D eigenvalue weighted by atomic mass is 10.1. The van der Waals surface area contributed by atoms with Crippen molar-refractivity contribution in [3.63, 3.8) is 0 Å². The third-order valence-electron chi connectivity index (χ3n) is 4.36. The number of aryl methyl sites for hydroxylation is 1. The van der Waals surface area contributed by atoms with Gasteiger partial charge in [0.15, 0.2) is 0 Å². The Morgan fingerprint density at radius 3 is 2.76 bits per heavy atom. The molecule has 1 saturated heterocycles. The first-order chi connectivity index (χ1) is 13.8. The Hall–Kier alpha value is -2.49. The van der Waals surface area contributed by atoms with E-state index in [0.717, 1.165) is 11.3 Å². The summed E-state index contributed by atoms with van der Waals surface area (Å²) in [5.74, 6) is -1.95. The number of hydrogen-bond donors (Lipinski definition) is 2. The number of ether oxygens (including phenoxy) is 1. The molecule has 0 saturated carbocycles. The van der Waals surface area contributed by atoms with E-state index in [4.69, 9.17) is 16.3 Å². The number of nitrogens with zero attached hydrogens (tertiary/aromatic N) is 1. The highest BCUT2D eigenvalue weighted by molar-refractivity contribution is 7.18. The molecule has 1 atom stereocenters. The van der Waals surface area contributed by atoms with Crippen LogP contribution in [0.3, 0.4) is 0 Å². The van der Waals surface area contributed by atoms with Gasteiger partial charge in [0.2, 0.25) is 5.91 Å². The molecule has 29 heavy (non-hydrogen) atoms. The predicted molar refractivity (Wildman–Crippen MR) is 109 cm³/mol. The third-order valence-corrected chi connectivity index (χ3v) is 5.59. The lowest BCUT2D eigenvalue weighted by Gasteiger charge is -2.28. The topological polar surface area (TPSA) is 87.7 Å². The van der Waals surface area contributed by atoms with Gasteiger partial charge in [-0.1, -0.05) is 11.6 Å². The molecule has 2 heterocycles. The van der Waals surface area contributed by atoms with Crippen LogP contribution in [0.4, 0.5) is 15.8 Å². The Morgan fingerprint density at radius 1 is 1.34 bits per heavy atom. The van der Waals surface area contributed by atoms with E-state index in [-0.39, 0.29) is 18.2 Å². The summed E-state index contributed by atoms with van der Waals surface area (Å²) in [6, 6.07) is 4.92. The summed E-state index contributed by atoms with van der Waals surface area (Å²) >= 11 is 6.90. The number of anilines is 2. The maximum absolute atomic E-state index is 14.6. The molecule has 1 aromatic carbocycles. The van der Waals surface area contributed by atoms with Crippen LogP contribution in [-0.2, 0) is 14.3 Å². The van der Waals surface area contributed by atoms with Crippen molar-refractivity contribution in [1.29, 1.82) is 0 Å². The lowest BCUT2D eigenvalue weighted by molar-refractivity contribution is -0.125. The van der Waals surface area contributed by atoms with E-state index in [1.165, 1.54) is 24.0 Å². The van der Waals surface area contributed by atoms with Crippen molar-refractivity contribution in [2.45, 2.75) is 19.9 Å². The van der Waals surface area contributed by atoms with Crippen LogP contribution in [0, 0.1) is 12.7 Å². The minimum atomic E-state index is -0.899. The van der Waals surface area contributed by atoms with Gasteiger partial charge >= 0.3 is 0 Å². The standard InChI is InChI=1S/C19H19ClFN3O4S/c1-10-7-13(12(21)8-14(10)24-5-6-28-9-17(24)25)23-18(26)11(2)22-19(27)15-3-4-16(20)29-15/h3-4,7-8,11H,5-6,9H2,1-2H3,(H,22,27)(H,23,26). The molecule has 1 aliphatic rings. The molecule has 2 aromatic rings. The lowest BCUT2D eigenvalue weighted by Crippen LogP contribution is -2.42. The van der Waals surface area contributed by atoms with Gasteiger partial charge in [-0.15, -0.1) is 11.3 Å². The van der Waals surface area contributed by atoms with Gasteiger partial charge in [0, 0.05) is 18.3 Å². The van der Waals surface area contributed by atoms with Crippen LogP contribution in [0.5, 0.6) is 0 Å². The Labute approximate surface area is 175 Å². The number of rotatable bonds is 5. The summed E-state index contributed by atoms with van der Waals surface area (Å²) in [4.78, 5) is 38.4. The first kappa shape index (κ1) is 21.2. The summed E-state index contributed by atoms with van der Waals surface area (Å²) in [7, 11) is 0. The first-order valence-corrected chi connectivity index (χ1v) is 10.0. The summed E-state index contributed by atoms with van der Waals surface area (Å²) in [6.45, 7) is 3.87. The van der Waals surface area contributed by atoms with Gasteiger partial charge in [0.25, 0.3) is 11.8 Å². The monoisotopic (exact) mass is 439 g/mol. The Balaban J connectivity index is 1.69. The fraction of sp³-hybridized carbons (Fsp3) is 0.316. The van der Waals surface area contributed by atoms with Gasteiger partial charge in [0.1, 0.15) is 18.5 Å². The van der Waals surface area contributed by atoms with Gasteiger partial charge in [-0.3, -0.25) is 14.4 Å². The van der Waals surface area contributed by atoms with Gasteiger partial charge in [-0.05, 0) is 37.6 Å². The number of amides is 3. The van der Waals surface area contributed by atoms with Crippen molar-refractivity contribution in [2.24, 2.45) is 0 Å². The van der Waals surface area contributed by atoms with Crippen molar-refractivity contribution >= 4 is 52.0 Å². The molecule has 3 amide bonds. The fourth-order valence-electron chi connectivity index (χ4n) is 2.84. The SMILES string of the molecule is Cc1cc(NC(=O)C(C)NC(=O)c2ccc(Cl)s2)c(F)cc1N1CCOCC1=O. The van der Waals surface area contributed by atoms with E-state index in [1.807, 2.05) is 0 Å². The minimum Gasteiger partial charge on any atom is -0.370 e. The van der Waals surface area contributed by atoms with Crippen molar-refractivity contribution < 1.29 is 23.5 Å². The molecular weight excluding hydrogens is 421 g/mol. The van der Waals surface area contributed by atoms with Crippen molar-refractivity contribution in [1.82, 2.24) is 5.32 Å². The van der Waals surface area contributed by atoms with Crippen molar-refractivity contribution in [3.05, 3.63) is 44.9 Å². The number of thiophene rings is 1. The molecule has 3 rings (SSSR count). The highest BCUT2D eigenvalue weighted by atomic mass is 35.5. The highest BCUT2D eigenvalue weighted by Gasteiger charge is 2.24. The second-order valence-corrected chi connectivity index (χ2v) is 8.22. The predicted octanol–water partition coefficient (Wildman–Crippen LogP) is 2.97. The fourth-order valence-corrected chi connectivity index (χ4v) is 3.79.